The van der Waals surface area contributed by atoms with Crippen LogP contribution in [0.1, 0.15) is 6.92 Å². The van der Waals surface area contributed by atoms with Gasteiger partial charge >= 0.3 is 0 Å². The summed E-state index contributed by atoms with van der Waals surface area (Å²) in [6.45, 7) is 2.04. The Hall–Kier alpha value is -8.46. The molecule has 0 radical (unpaired) electrons. The van der Waals surface area contributed by atoms with Crippen molar-refractivity contribution >= 4 is 66.6 Å². The van der Waals surface area contributed by atoms with Gasteiger partial charge in [-0.2, -0.15) is 0 Å². The molecule has 10 aromatic carbocycles. The number of anilines is 3. The van der Waals surface area contributed by atoms with Gasteiger partial charge in [-0.05, 0) is 122 Å². The quantitative estimate of drug-likeness (QED) is 0.125. The highest BCUT2D eigenvalue weighted by molar-refractivity contribution is 6.19. The topological polar surface area (TPSA) is 8.17 Å². The van der Waals surface area contributed by atoms with Gasteiger partial charge in [0.25, 0.3) is 0 Å². The molecular weight excluding hydrogens is 785 g/mol. The summed E-state index contributed by atoms with van der Waals surface area (Å²) in [5.41, 5.74) is 15.1. The zero-order chi connectivity index (χ0) is 43.5. The number of hydrogen-bond acceptors (Lipinski definition) is 1. The van der Waals surface area contributed by atoms with Crippen LogP contribution in [0.5, 0.6) is 0 Å². The van der Waals surface area contributed by atoms with Crippen LogP contribution >= 0.6 is 0 Å². The van der Waals surface area contributed by atoms with E-state index in [0.29, 0.717) is 0 Å². The molecule has 308 valence electrons. The molecule has 2 heteroatoms. The molecule has 11 rings (SSSR count). The fraction of sp³-hybridized carbons (Fsp3) is 0.0159. The molecule has 0 aliphatic carbocycles. The lowest BCUT2D eigenvalue weighted by Gasteiger charge is -2.26. The monoisotopic (exact) mass is 830 g/mol. The maximum atomic E-state index is 2.39. The fourth-order valence-corrected chi connectivity index (χ4v) is 9.47. The third-order valence-corrected chi connectivity index (χ3v) is 12.5. The molecule has 0 spiro atoms. The van der Waals surface area contributed by atoms with Crippen molar-refractivity contribution in [3.8, 4) is 44.5 Å². The molecule has 0 atom stereocenters. The smallest absolute Gasteiger partial charge is 0.0613 e. The minimum atomic E-state index is 1.08. The zero-order valence-corrected chi connectivity index (χ0v) is 36.2. The number of fused-ring (bicyclic) bond motifs is 5. The van der Waals surface area contributed by atoms with E-state index >= 15 is 0 Å². The maximum Gasteiger partial charge on any atom is 0.0613 e. The number of benzene rings is 10. The van der Waals surface area contributed by atoms with Crippen molar-refractivity contribution < 1.29 is 0 Å². The van der Waals surface area contributed by atoms with Crippen molar-refractivity contribution in [2.75, 3.05) is 4.90 Å². The molecule has 0 bridgehead atoms. The summed E-state index contributed by atoms with van der Waals surface area (Å²) in [6, 6.07) is 81.7. The van der Waals surface area contributed by atoms with Crippen molar-refractivity contribution in [2.24, 2.45) is 0 Å². The first-order valence-corrected chi connectivity index (χ1v) is 22.4. The molecule has 1 aromatic heterocycles. The number of hydrogen-bond donors (Lipinski definition) is 0. The third kappa shape index (κ3) is 7.52. The average Bonchev–Trinajstić information content (AvgIpc) is 3.70. The van der Waals surface area contributed by atoms with E-state index in [1.54, 1.807) is 0 Å². The van der Waals surface area contributed by atoms with Gasteiger partial charge in [-0.25, -0.2) is 0 Å². The lowest BCUT2D eigenvalue weighted by molar-refractivity contribution is 1.28. The fourth-order valence-electron chi connectivity index (χ4n) is 9.47. The van der Waals surface area contributed by atoms with Gasteiger partial charge in [-0.15, -0.1) is 0 Å². The van der Waals surface area contributed by atoms with Crippen molar-refractivity contribution in [1.82, 2.24) is 4.57 Å². The van der Waals surface area contributed by atoms with Gasteiger partial charge in [0.15, 0.2) is 0 Å². The van der Waals surface area contributed by atoms with Gasteiger partial charge in [0.1, 0.15) is 0 Å². The summed E-state index contributed by atoms with van der Waals surface area (Å²) in [4.78, 5) is 2.39. The molecule has 0 saturated carbocycles. The lowest BCUT2D eigenvalue weighted by Crippen LogP contribution is -2.10. The zero-order valence-electron chi connectivity index (χ0n) is 36.2. The summed E-state index contributed by atoms with van der Waals surface area (Å²) in [7, 11) is 0. The van der Waals surface area contributed by atoms with E-state index in [1.807, 2.05) is 13.0 Å². The van der Waals surface area contributed by atoms with Crippen molar-refractivity contribution in [3.63, 3.8) is 0 Å². The number of para-hydroxylation sites is 1. The van der Waals surface area contributed by atoms with Crippen LogP contribution in [-0.4, -0.2) is 4.57 Å². The van der Waals surface area contributed by atoms with Crippen LogP contribution in [0.4, 0.5) is 17.1 Å². The van der Waals surface area contributed by atoms with Gasteiger partial charge in [-0.1, -0.05) is 200 Å². The summed E-state index contributed by atoms with van der Waals surface area (Å²) < 4.78 is 2.36. The SMILES string of the molecule is C\C=C/C=C\C=C/n1c2cccc(-c3cccc(N(c4ccc(-c5ccc6ccccc6c5)cc4)c4ccc(-c5cccc6ccccc56)cc4)c3)c2c2cccc(-c3ccccc3)c21. The minimum absolute atomic E-state index is 1.08. The predicted molar refractivity (Wildman–Crippen MR) is 280 cm³/mol. The van der Waals surface area contributed by atoms with Crippen LogP contribution in [0.3, 0.4) is 0 Å². The second-order valence-electron chi connectivity index (χ2n) is 16.5. The Balaban J connectivity index is 1.06. The van der Waals surface area contributed by atoms with E-state index in [4.69, 9.17) is 0 Å². The molecule has 0 saturated heterocycles. The van der Waals surface area contributed by atoms with Crippen LogP contribution in [0.25, 0.3) is 94.1 Å². The Morgan fingerprint density at radius 3 is 1.75 bits per heavy atom. The Morgan fingerprint density at radius 2 is 0.938 bits per heavy atom. The highest BCUT2D eigenvalue weighted by atomic mass is 15.1. The Labute approximate surface area is 380 Å². The Morgan fingerprint density at radius 1 is 0.354 bits per heavy atom. The van der Waals surface area contributed by atoms with Crippen molar-refractivity contribution in [3.05, 3.63) is 255 Å². The maximum absolute atomic E-state index is 2.39. The number of rotatable bonds is 10. The molecule has 0 amide bonds. The first-order chi connectivity index (χ1) is 32.2. The second kappa shape index (κ2) is 17.4. The van der Waals surface area contributed by atoms with E-state index in [1.165, 1.54) is 76.8 Å². The predicted octanol–water partition coefficient (Wildman–Crippen LogP) is 17.8. The number of allylic oxidation sites excluding steroid dienone is 5. The average molecular weight is 831 g/mol. The first kappa shape index (κ1) is 39.4. The molecule has 2 nitrogen and oxygen atoms in total. The van der Waals surface area contributed by atoms with Gasteiger partial charge < -0.3 is 9.47 Å². The summed E-state index contributed by atoms with van der Waals surface area (Å²) in [5.74, 6) is 0. The number of nitrogens with zero attached hydrogens (tertiary/aromatic N) is 2. The van der Waals surface area contributed by atoms with Crippen LogP contribution in [0.15, 0.2) is 255 Å². The molecule has 0 N–H and O–H groups in total. The van der Waals surface area contributed by atoms with Gasteiger partial charge in [0.05, 0.1) is 11.0 Å². The molecule has 1 heterocycles. The molecule has 0 aliphatic rings. The molecule has 11 aromatic rings. The van der Waals surface area contributed by atoms with Gasteiger partial charge in [0.2, 0.25) is 0 Å². The molecule has 0 aliphatic heterocycles. The molecule has 0 fully saturated rings. The largest absolute Gasteiger partial charge is 0.315 e. The van der Waals surface area contributed by atoms with Crippen LogP contribution < -0.4 is 4.90 Å². The first-order valence-electron chi connectivity index (χ1n) is 22.4. The van der Waals surface area contributed by atoms with E-state index in [9.17, 15) is 0 Å². The minimum Gasteiger partial charge on any atom is -0.315 e. The molecule has 0 unspecified atom stereocenters. The highest BCUT2D eigenvalue weighted by Crippen LogP contribution is 2.44. The normalized spacial score (nSPS) is 11.9. The van der Waals surface area contributed by atoms with Crippen LogP contribution in [0, 0.1) is 0 Å². The van der Waals surface area contributed by atoms with E-state index in [-0.39, 0.29) is 0 Å². The van der Waals surface area contributed by atoms with Crippen LogP contribution in [0.2, 0.25) is 0 Å². The Kier molecular flexibility index (Phi) is 10.5. The van der Waals surface area contributed by atoms with E-state index in [2.05, 4.69) is 264 Å². The Bertz CT molecular complexity index is 3580. The van der Waals surface area contributed by atoms with Gasteiger partial charge in [-0.3, -0.25) is 0 Å². The third-order valence-electron chi connectivity index (χ3n) is 12.5. The summed E-state index contributed by atoms with van der Waals surface area (Å²) in [5, 5.41) is 7.43. The van der Waals surface area contributed by atoms with E-state index in [0.717, 1.165) is 28.1 Å². The summed E-state index contributed by atoms with van der Waals surface area (Å²) in [6.07, 6.45) is 12.6. The second-order valence-corrected chi connectivity index (χ2v) is 16.5. The molecule has 65 heavy (non-hydrogen) atoms. The van der Waals surface area contributed by atoms with Crippen molar-refractivity contribution in [2.45, 2.75) is 6.92 Å². The standard InChI is InChI=1S/C63H46N2/c1-2-3-4-5-13-42-64-61-31-17-28-58(62(61)60-30-16-29-59(63(60)64)48-19-7-6-8-20-48)52-24-14-25-55(44-52)65(53-38-34-46(35-39-53)51-33-32-45-18-9-10-22-50(45)43-51)54-40-36-49(37-41-54)57-27-15-23-47-21-11-12-26-56(47)57/h2-44H,1H3/b3-2-,5-4-,42-13-. The van der Waals surface area contributed by atoms with Crippen molar-refractivity contribution in [1.29, 1.82) is 0 Å². The van der Waals surface area contributed by atoms with E-state index < -0.39 is 0 Å². The van der Waals surface area contributed by atoms with Gasteiger partial charge in [0, 0.05) is 39.6 Å². The summed E-state index contributed by atoms with van der Waals surface area (Å²) >= 11 is 0. The van der Waals surface area contributed by atoms with Crippen LogP contribution in [-0.2, 0) is 0 Å². The number of aromatic nitrogens is 1. The molecular formula is C63H46N2. The lowest BCUT2D eigenvalue weighted by atomic mass is 9.96. The highest BCUT2D eigenvalue weighted by Gasteiger charge is 2.19.